The van der Waals surface area contributed by atoms with Gasteiger partial charge in [-0.05, 0) is 106 Å². The summed E-state index contributed by atoms with van der Waals surface area (Å²) in [4.78, 5) is 32.1. The molecule has 4 saturated heterocycles. The molecule has 0 unspecified atom stereocenters. The predicted octanol–water partition coefficient (Wildman–Crippen LogP) is 5.45. The first kappa shape index (κ1) is 29.0. The van der Waals surface area contributed by atoms with E-state index in [1.165, 1.54) is 11.1 Å². The van der Waals surface area contributed by atoms with Crippen molar-refractivity contribution in [3.8, 4) is 0 Å². The van der Waals surface area contributed by atoms with Crippen LogP contribution in [0.3, 0.4) is 0 Å². The first-order valence-corrected chi connectivity index (χ1v) is 16.1. The summed E-state index contributed by atoms with van der Waals surface area (Å²) in [5.74, 6) is 0.489. The van der Waals surface area contributed by atoms with Crippen LogP contribution in [-0.2, 0) is 9.59 Å². The second-order valence-corrected chi connectivity index (χ2v) is 13.6. The molecule has 4 fully saturated rings. The fourth-order valence-electron chi connectivity index (χ4n) is 8.50. The molecule has 8 heteroatoms. The number of fused-ring (bicyclic) bond motifs is 4. The molecule has 0 aliphatic carbocycles. The monoisotopic (exact) mass is 596 g/mol. The molecule has 0 saturated carbocycles. The van der Waals surface area contributed by atoms with Crippen LogP contribution in [0.5, 0.6) is 0 Å². The zero-order chi connectivity index (χ0) is 28.7. The third-order valence-corrected chi connectivity index (χ3v) is 11.2. The van der Waals surface area contributed by atoms with Crippen LogP contribution in [0.25, 0.3) is 0 Å². The minimum atomic E-state index is -0.0808. The first-order chi connectivity index (χ1) is 19.8. The van der Waals surface area contributed by atoms with Crippen LogP contribution < -0.4 is 10.6 Å². The number of hydrogen-bond donors (Lipinski definition) is 2. The van der Waals surface area contributed by atoms with E-state index in [1.54, 1.807) is 0 Å². The van der Waals surface area contributed by atoms with Crippen molar-refractivity contribution in [2.75, 3.05) is 27.2 Å². The van der Waals surface area contributed by atoms with Crippen molar-refractivity contribution in [3.63, 3.8) is 0 Å². The lowest BCUT2D eigenvalue weighted by molar-refractivity contribution is -0.129. The summed E-state index contributed by atoms with van der Waals surface area (Å²) < 4.78 is 0. The Bertz CT molecular complexity index is 1140. The molecule has 0 spiro atoms. The van der Waals surface area contributed by atoms with E-state index in [2.05, 4.69) is 58.8 Å². The molecule has 4 aliphatic heterocycles. The van der Waals surface area contributed by atoms with Crippen LogP contribution in [0, 0.1) is 11.8 Å². The zero-order valence-corrected chi connectivity index (χ0v) is 25.6. The molecule has 4 aliphatic rings. The van der Waals surface area contributed by atoms with Crippen LogP contribution in [-0.4, -0.2) is 73.0 Å². The molecule has 0 aromatic heterocycles. The van der Waals surface area contributed by atoms with E-state index in [-0.39, 0.29) is 47.6 Å². The predicted molar refractivity (Wildman–Crippen MR) is 164 cm³/mol. The third-order valence-electron chi connectivity index (χ3n) is 10.7. The summed E-state index contributed by atoms with van der Waals surface area (Å²) in [6, 6.07) is 17.7. The summed E-state index contributed by atoms with van der Waals surface area (Å²) in [5.41, 5.74) is 2.40. The molecule has 2 aromatic carbocycles. The molecule has 6 rings (SSSR count). The zero-order valence-electron chi connectivity index (χ0n) is 24.1. The van der Waals surface area contributed by atoms with E-state index < -0.39 is 0 Å². The molecule has 0 radical (unpaired) electrons. The van der Waals surface area contributed by atoms with Gasteiger partial charge in [0.1, 0.15) is 0 Å². The summed E-state index contributed by atoms with van der Waals surface area (Å²) in [7, 11) is 4.34. The highest BCUT2D eigenvalue weighted by Gasteiger charge is 2.50. The Morgan fingerprint density at radius 1 is 0.683 bits per heavy atom. The van der Waals surface area contributed by atoms with Gasteiger partial charge in [0.05, 0.1) is 11.8 Å². The van der Waals surface area contributed by atoms with Gasteiger partial charge in [-0.1, -0.05) is 47.5 Å². The van der Waals surface area contributed by atoms with Crippen LogP contribution in [0.1, 0.15) is 67.9 Å². The Morgan fingerprint density at radius 2 is 1.07 bits per heavy atom. The van der Waals surface area contributed by atoms with Gasteiger partial charge >= 0.3 is 0 Å². The van der Waals surface area contributed by atoms with Crippen molar-refractivity contribution >= 4 is 35.0 Å². The Labute approximate surface area is 254 Å². The summed E-state index contributed by atoms with van der Waals surface area (Å²) >= 11 is 12.3. The maximum Gasteiger partial charge on any atom is 0.225 e. The number of hydrogen-bond acceptors (Lipinski definition) is 4. The van der Waals surface area contributed by atoms with Gasteiger partial charge in [-0.2, -0.15) is 0 Å². The SMILES string of the molecule is CN1[C@H]2CC[C@@H]1[C@@H](C(=O)NCCCNC(=O)[C@H]1[C@@H](c3ccc(Cl)cc3)C[C@@H]3CC[C@H]1N3C)[C@@H](c1ccc(Cl)cc1)C2. The standard InChI is InChI=1S/C33H42Cl2N4O2/c1-38-24-12-14-28(38)30(26(18-24)20-4-8-22(34)9-5-20)32(40)36-16-3-17-37-33(41)31-27(21-6-10-23(35)11-7-21)19-25-13-15-29(31)39(25)2/h4-11,24-31H,3,12-19H2,1-2H3,(H,36,40)(H,37,41)/t24-,25-,26+,27+,28+,29+,30-,31-/m0/s1. The summed E-state index contributed by atoms with van der Waals surface area (Å²) in [6.07, 6.45) is 7.12. The highest BCUT2D eigenvalue weighted by atomic mass is 35.5. The number of rotatable bonds is 8. The smallest absolute Gasteiger partial charge is 0.225 e. The molecule has 2 aromatic rings. The Hall–Kier alpha value is -2.12. The fourth-order valence-corrected chi connectivity index (χ4v) is 8.75. The Kier molecular flexibility index (Phi) is 8.65. The van der Waals surface area contributed by atoms with Crippen molar-refractivity contribution in [3.05, 3.63) is 69.7 Å². The van der Waals surface area contributed by atoms with Gasteiger partial charge in [0.25, 0.3) is 0 Å². The number of carbonyl (C=O) groups is 2. The van der Waals surface area contributed by atoms with Gasteiger partial charge in [-0.3, -0.25) is 19.4 Å². The van der Waals surface area contributed by atoms with Crippen LogP contribution in [0.4, 0.5) is 0 Å². The Balaban J connectivity index is 1.05. The minimum Gasteiger partial charge on any atom is -0.356 e. The number of halogens is 2. The van der Waals surface area contributed by atoms with Gasteiger partial charge in [0.2, 0.25) is 11.8 Å². The van der Waals surface area contributed by atoms with Crippen LogP contribution in [0.2, 0.25) is 10.0 Å². The fraction of sp³-hybridized carbons (Fsp3) is 0.576. The van der Waals surface area contributed by atoms with Crippen LogP contribution >= 0.6 is 23.2 Å². The quantitative estimate of drug-likeness (QED) is 0.398. The molecule has 41 heavy (non-hydrogen) atoms. The minimum absolute atomic E-state index is 0.0808. The Morgan fingerprint density at radius 3 is 1.46 bits per heavy atom. The van der Waals surface area contributed by atoms with Crippen molar-refractivity contribution in [2.45, 2.75) is 80.9 Å². The van der Waals surface area contributed by atoms with E-state index >= 15 is 0 Å². The molecule has 6 nitrogen and oxygen atoms in total. The highest BCUT2D eigenvalue weighted by Crippen LogP contribution is 2.47. The number of nitrogens with one attached hydrogen (secondary N) is 2. The maximum absolute atomic E-state index is 13.6. The van der Waals surface area contributed by atoms with E-state index in [1.807, 2.05) is 24.3 Å². The van der Waals surface area contributed by atoms with Crippen LogP contribution in [0.15, 0.2) is 48.5 Å². The number of carbonyl (C=O) groups excluding carboxylic acids is 2. The molecular weight excluding hydrogens is 555 g/mol. The number of nitrogens with zero attached hydrogens (tertiary/aromatic N) is 2. The second kappa shape index (κ2) is 12.2. The lowest BCUT2D eigenvalue weighted by Crippen LogP contribution is -2.52. The highest BCUT2D eigenvalue weighted by molar-refractivity contribution is 6.30. The van der Waals surface area contributed by atoms with Crippen molar-refractivity contribution in [2.24, 2.45) is 11.8 Å². The maximum atomic E-state index is 13.6. The second-order valence-electron chi connectivity index (χ2n) is 12.7. The average molecular weight is 598 g/mol. The van der Waals surface area contributed by atoms with Gasteiger partial charge < -0.3 is 10.6 Å². The van der Waals surface area contributed by atoms with Crippen molar-refractivity contribution < 1.29 is 9.59 Å². The molecular formula is C33H42Cl2N4O2. The van der Waals surface area contributed by atoms with E-state index in [0.717, 1.165) is 48.6 Å². The lowest BCUT2D eigenvalue weighted by atomic mass is 9.75. The summed E-state index contributed by atoms with van der Waals surface area (Å²) in [5, 5.41) is 7.90. The number of benzene rings is 2. The van der Waals surface area contributed by atoms with Crippen molar-refractivity contribution in [1.82, 2.24) is 20.4 Å². The number of amides is 2. The first-order valence-electron chi connectivity index (χ1n) is 15.3. The average Bonchev–Trinajstić information content (AvgIpc) is 3.33. The molecule has 4 bridgehead atoms. The van der Waals surface area contributed by atoms with Gasteiger partial charge in [-0.25, -0.2) is 0 Å². The molecule has 220 valence electrons. The third kappa shape index (κ3) is 5.78. The molecule has 2 N–H and O–H groups in total. The molecule has 2 amide bonds. The van der Waals surface area contributed by atoms with Crippen molar-refractivity contribution in [1.29, 1.82) is 0 Å². The molecule has 8 atom stereocenters. The van der Waals surface area contributed by atoms with E-state index in [0.29, 0.717) is 31.6 Å². The number of piperidine rings is 2. The largest absolute Gasteiger partial charge is 0.356 e. The normalized spacial score (nSPS) is 33.1. The molecule has 4 heterocycles. The van der Waals surface area contributed by atoms with E-state index in [9.17, 15) is 9.59 Å². The van der Waals surface area contributed by atoms with E-state index in [4.69, 9.17) is 23.2 Å². The topological polar surface area (TPSA) is 64.7 Å². The lowest BCUT2D eigenvalue weighted by Gasteiger charge is -2.42. The summed E-state index contributed by atoms with van der Waals surface area (Å²) in [6.45, 7) is 1.11. The van der Waals surface area contributed by atoms with Gasteiger partial charge in [-0.15, -0.1) is 0 Å². The van der Waals surface area contributed by atoms with Gasteiger partial charge in [0, 0.05) is 47.3 Å². The van der Waals surface area contributed by atoms with Gasteiger partial charge in [0.15, 0.2) is 0 Å².